The minimum absolute atomic E-state index is 0.0393. The van der Waals surface area contributed by atoms with Crippen LogP contribution in [0.2, 0.25) is 0 Å². The van der Waals surface area contributed by atoms with E-state index in [1.165, 1.54) is 14.0 Å². The number of nitrogens with zero attached hydrogens (tertiary/aromatic N) is 2. The molecule has 1 aliphatic heterocycles. The number of rotatable bonds is 10. The van der Waals surface area contributed by atoms with Crippen LogP contribution in [0.5, 0.6) is 5.88 Å². The summed E-state index contributed by atoms with van der Waals surface area (Å²) in [6.07, 6.45) is 2.16. The number of hydrogen-bond donors (Lipinski definition) is 3. The predicted octanol–water partition coefficient (Wildman–Crippen LogP) is 3.06. The predicted molar refractivity (Wildman–Crippen MR) is 122 cm³/mol. The number of aliphatic hydroxyl groups excluding tert-OH is 1. The average Bonchev–Trinajstić information content (AvgIpc) is 3.40. The van der Waals surface area contributed by atoms with E-state index in [1.807, 2.05) is 0 Å². The van der Waals surface area contributed by atoms with Gasteiger partial charge in [0.1, 0.15) is 23.2 Å². The molecule has 1 atom stereocenters. The van der Waals surface area contributed by atoms with Gasteiger partial charge in [0.15, 0.2) is 5.56 Å². The number of esters is 1. The van der Waals surface area contributed by atoms with Gasteiger partial charge in [-0.2, -0.15) is 4.37 Å². The molecule has 0 bridgehead atoms. The quantitative estimate of drug-likeness (QED) is 0.341. The molecule has 34 heavy (non-hydrogen) atoms. The first-order chi connectivity index (χ1) is 16.3. The Morgan fingerprint density at radius 1 is 1.29 bits per heavy atom. The molecule has 1 fully saturated rings. The molecule has 1 saturated heterocycles. The van der Waals surface area contributed by atoms with Gasteiger partial charge >= 0.3 is 12.0 Å². The minimum Gasteiger partial charge on any atom is -0.471 e. The van der Waals surface area contributed by atoms with Gasteiger partial charge in [-0.15, -0.1) is 0 Å². The number of carbonyl (C=O) groups excluding carboxylic acids is 2. The van der Waals surface area contributed by atoms with Gasteiger partial charge in [-0.05, 0) is 62.0 Å². The Bertz CT molecular complexity index is 1020. The molecule has 0 saturated carbocycles. The molecule has 3 N–H and O–H groups in total. The third kappa shape index (κ3) is 6.84. The zero-order chi connectivity index (χ0) is 24.7. The fourth-order valence-corrected chi connectivity index (χ4v) is 4.23. The number of ether oxygens (including phenoxy) is 2. The summed E-state index contributed by atoms with van der Waals surface area (Å²) in [5.74, 6) is -2.17. The standard InChI is InChI=1S/C22H28F2N4O5S/c1-13-9-17(24)14(10-16(13)23)12-33-19-18(21(30)32-2)20(34-27-19)26-22(31)25-6-3-4-7-28-8-5-15(29)11-28/h9-10,15,29H,3-8,11-12H2,1-2H3,(H2,25,26,31). The molecule has 1 unspecified atom stereocenters. The zero-order valence-electron chi connectivity index (χ0n) is 19.0. The molecule has 12 heteroatoms. The van der Waals surface area contributed by atoms with E-state index in [0.717, 1.165) is 56.0 Å². The Labute approximate surface area is 200 Å². The lowest BCUT2D eigenvalue weighted by molar-refractivity contribution is 0.0596. The molecule has 0 aliphatic carbocycles. The lowest BCUT2D eigenvalue weighted by Crippen LogP contribution is -2.30. The maximum atomic E-state index is 14.1. The van der Waals surface area contributed by atoms with Crippen LogP contribution in [0.1, 0.15) is 40.7 Å². The summed E-state index contributed by atoms with van der Waals surface area (Å²) < 4.78 is 42.1. The highest BCUT2D eigenvalue weighted by Crippen LogP contribution is 2.32. The van der Waals surface area contributed by atoms with Crippen molar-refractivity contribution in [1.82, 2.24) is 14.6 Å². The second-order valence-corrected chi connectivity index (χ2v) is 8.77. The van der Waals surface area contributed by atoms with Gasteiger partial charge in [0.25, 0.3) is 0 Å². The number of nitrogens with one attached hydrogen (secondary N) is 2. The fourth-order valence-electron chi connectivity index (χ4n) is 3.51. The molecule has 9 nitrogen and oxygen atoms in total. The van der Waals surface area contributed by atoms with E-state index in [4.69, 9.17) is 9.47 Å². The maximum absolute atomic E-state index is 14.1. The van der Waals surface area contributed by atoms with Crippen LogP contribution in [-0.2, 0) is 11.3 Å². The summed E-state index contributed by atoms with van der Waals surface area (Å²) in [7, 11) is 1.17. The van der Waals surface area contributed by atoms with Crippen molar-refractivity contribution in [3.05, 3.63) is 40.5 Å². The number of aryl methyl sites for hydroxylation is 1. The van der Waals surface area contributed by atoms with Gasteiger partial charge in [0.05, 0.1) is 13.2 Å². The number of carbonyl (C=O) groups is 2. The molecule has 1 aromatic carbocycles. The lowest BCUT2D eigenvalue weighted by Gasteiger charge is -2.14. The van der Waals surface area contributed by atoms with E-state index in [-0.39, 0.29) is 40.3 Å². The van der Waals surface area contributed by atoms with Crippen LogP contribution in [0, 0.1) is 18.6 Å². The van der Waals surface area contributed by atoms with Crippen LogP contribution in [0.4, 0.5) is 18.6 Å². The molecule has 1 aromatic heterocycles. The van der Waals surface area contributed by atoms with E-state index in [1.54, 1.807) is 0 Å². The number of benzene rings is 1. The molecule has 0 spiro atoms. The second-order valence-electron chi connectivity index (χ2n) is 8.00. The Morgan fingerprint density at radius 3 is 2.79 bits per heavy atom. The molecule has 1 aliphatic rings. The van der Waals surface area contributed by atoms with Crippen molar-refractivity contribution in [3.8, 4) is 5.88 Å². The van der Waals surface area contributed by atoms with Crippen molar-refractivity contribution < 1.29 is 33.0 Å². The largest absolute Gasteiger partial charge is 0.471 e. The van der Waals surface area contributed by atoms with Gasteiger partial charge in [0.2, 0.25) is 5.88 Å². The fraction of sp³-hybridized carbons (Fsp3) is 0.500. The number of hydrogen-bond acceptors (Lipinski definition) is 8. The first kappa shape index (κ1) is 25.8. The lowest BCUT2D eigenvalue weighted by atomic mass is 10.1. The number of aliphatic hydroxyl groups is 1. The molecule has 2 aromatic rings. The van der Waals surface area contributed by atoms with E-state index >= 15 is 0 Å². The topological polar surface area (TPSA) is 113 Å². The monoisotopic (exact) mass is 498 g/mol. The highest BCUT2D eigenvalue weighted by Gasteiger charge is 2.25. The highest BCUT2D eigenvalue weighted by atomic mass is 32.1. The van der Waals surface area contributed by atoms with E-state index in [9.17, 15) is 23.5 Å². The van der Waals surface area contributed by atoms with Crippen molar-refractivity contribution in [2.24, 2.45) is 0 Å². The SMILES string of the molecule is COC(=O)c1c(OCc2cc(F)c(C)cc2F)nsc1NC(=O)NCCCCN1CCC(O)C1. The number of β-amino-alcohol motifs (C(OH)–C–C–N with tert-alkyl or cyclic N) is 1. The molecule has 2 amide bonds. The van der Waals surface area contributed by atoms with Crippen molar-refractivity contribution in [2.45, 2.75) is 38.9 Å². The smallest absolute Gasteiger partial charge is 0.346 e. The van der Waals surface area contributed by atoms with Crippen molar-refractivity contribution in [2.75, 3.05) is 38.6 Å². The van der Waals surface area contributed by atoms with E-state index in [2.05, 4.69) is 19.9 Å². The van der Waals surface area contributed by atoms with Gasteiger partial charge in [-0.1, -0.05) is 0 Å². The van der Waals surface area contributed by atoms with E-state index in [0.29, 0.717) is 13.1 Å². The Hall–Kier alpha value is -2.83. The third-order valence-corrected chi connectivity index (χ3v) is 6.15. The van der Waals surface area contributed by atoms with Crippen LogP contribution in [0.3, 0.4) is 0 Å². The van der Waals surface area contributed by atoms with Gasteiger partial charge in [-0.3, -0.25) is 5.32 Å². The van der Waals surface area contributed by atoms with Gasteiger partial charge < -0.3 is 24.8 Å². The van der Waals surface area contributed by atoms with E-state index < -0.39 is 23.6 Å². The summed E-state index contributed by atoms with van der Waals surface area (Å²) in [5.41, 5.74) is 0.0170. The number of halogens is 2. The summed E-state index contributed by atoms with van der Waals surface area (Å²) in [5, 5.41) is 14.9. The molecular weight excluding hydrogens is 470 g/mol. The van der Waals surface area contributed by atoms with Crippen LogP contribution in [0.15, 0.2) is 12.1 Å². The summed E-state index contributed by atoms with van der Waals surface area (Å²) in [6.45, 7) is 3.93. The molecule has 3 rings (SSSR count). The van der Waals surface area contributed by atoms with Gasteiger partial charge in [-0.25, -0.2) is 18.4 Å². The van der Waals surface area contributed by atoms with Crippen LogP contribution >= 0.6 is 11.5 Å². The zero-order valence-corrected chi connectivity index (χ0v) is 19.8. The number of methoxy groups -OCH3 is 1. The minimum atomic E-state index is -0.789. The number of aromatic nitrogens is 1. The first-order valence-electron chi connectivity index (χ1n) is 10.9. The van der Waals surface area contributed by atoms with Crippen molar-refractivity contribution in [3.63, 3.8) is 0 Å². The van der Waals surface area contributed by atoms with Crippen LogP contribution in [0.25, 0.3) is 0 Å². The highest BCUT2D eigenvalue weighted by molar-refractivity contribution is 7.11. The molecule has 2 heterocycles. The van der Waals surface area contributed by atoms with Crippen LogP contribution < -0.4 is 15.4 Å². The number of likely N-dealkylation sites (tertiary alicyclic amines) is 1. The van der Waals surface area contributed by atoms with Crippen LogP contribution in [-0.4, -0.2) is 65.8 Å². The summed E-state index contributed by atoms with van der Waals surface area (Å²) in [6, 6.07) is 1.55. The average molecular weight is 499 g/mol. The maximum Gasteiger partial charge on any atom is 0.346 e. The normalized spacial score (nSPS) is 15.9. The Balaban J connectivity index is 1.53. The number of amides is 2. The van der Waals surface area contributed by atoms with Crippen molar-refractivity contribution >= 4 is 28.5 Å². The molecule has 186 valence electrons. The summed E-state index contributed by atoms with van der Waals surface area (Å²) in [4.78, 5) is 26.7. The third-order valence-electron chi connectivity index (χ3n) is 5.40. The first-order valence-corrected chi connectivity index (χ1v) is 11.7. The number of urea groups is 1. The molecular formula is C22H28F2N4O5S. The van der Waals surface area contributed by atoms with Crippen molar-refractivity contribution in [1.29, 1.82) is 0 Å². The number of anilines is 1. The number of unbranched alkanes of at least 4 members (excludes halogenated alkanes) is 1. The molecule has 0 radical (unpaired) electrons. The Kier molecular flexibility index (Phi) is 9.13. The Morgan fingerprint density at radius 2 is 2.09 bits per heavy atom. The van der Waals surface area contributed by atoms with Gasteiger partial charge in [0, 0.05) is 25.2 Å². The second kappa shape index (κ2) is 12.0. The summed E-state index contributed by atoms with van der Waals surface area (Å²) >= 11 is 0.808.